The summed E-state index contributed by atoms with van der Waals surface area (Å²) in [5.41, 5.74) is -0.00710. The zero-order valence-electron chi connectivity index (χ0n) is 21.0. The molecule has 9 heteroatoms. The number of carbonyl (C=O) groups excluding carboxylic acids is 5. The molecule has 5 aliphatic rings. The van der Waals surface area contributed by atoms with Crippen LogP contribution < -0.4 is 9.80 Å². The van der Waals surface area contributed by atoms with Crippen molar-refractivity contribution in [3.8, 4) is 0 Å². The van der Waals surface area contributed by atoms with Gasteiger partial charge in [-0.05, 0) is 43.7 Å². The van der Waals surface area contributed by atoms with Gasteiger partial charge in [-0.1, -0.05) is 59.3 Å². The fourth-order valence-corrected chi connectivity index (χ4v) is 8.51. The van der Waals surface area contributed by atoms with E-state index in [4.69, 9.17) is 4.74 Å². The van der Waals surface area contributed by atoms with Crippen LogP contribution in [0.25, 0.3) is 0 Å². The summed E-state index contributed by atoms with van der Waals surface area (Å²) in [5.74, 6) is -6.66. The number of halogens is 1. The van der Waals surface area contributed by atoms with E-state index in [2.05, 4.69) is 15.9 Å². The molecule has 7 rings (SSSR count). The van der Waals surface area contributed by atoms with Gasteiger partial charge in [0.05, 0.1) is 46.0 Å². The summed E-state index contributed by atoms with van der Waals surface area (Å²) in [5, 5.41) is 0. The molecular weight excluding hydrogens is 552 g/mol. The van der Waals surface area contributed by atoms with Crippen molar-refractivity contribution in [2.24, 2.45) is 29.1 Å². The fourth-order valence-electron chi connectivity index (χ4n) is 7.39. The highest BCUT2D eigenvalue weighted by Gasteiger charge is 2.81. The molecule has 2 aromatic rings. The summed E-state index contributed by atoms with van der Waals surface area (Å²) in [7, 11) is 0. The number of esters is 1. The van der Waals surface area contributed by atoms with Crippen molar-refractivity contribution in [2.45, 2.75) is 25.1 Å². The molecule has 4 amide bonds. The maximum atomic E-state index is 14.1. The fraction of sp³-hybridized carbons (Fsp3) is 0.345. The number of para-hydroxylation sites is 2. The summed E-state index contributed by atoms with van der Waals surface area (Å²) < 4.78 is 3.99. The highest BCUT2D eigenvalue weighted by Crippen LogP contribution is 2.72. The predicted molar refractivity (Wildman–Crippen MR) is 141 cm³/mol. The monoisotopic (exact) mass is 576 g/mol. The second-order valence-corrected chi connectivity index (χ2v) is 11.7. The Morgan fingerprint density at radius 1 is 0.789 bits per heavy atom. The molecule has 0 unspecified atom stereocenters. The number of carbonyl (C=O) groups is 5. The minimum Gasteiger partial charge on any atom is -0.463 e. The minimum absolute atomic E-state index is 0.0925. The summed E-state index contributed by atoms with van der Waals surface area (Å²) in [6, 6.07) is 17.1. The number of hydrogen-bond acceptors (Lipinski definition) is 6. The average molecular weight is 577 g/mol. The van der Waals surface area contributed by atoms with Gasteiger partial charge in [-0.15, -0.1) is 0 Å². The quantitative estimate of drug-likeness (QED) is 0.313. The van der Waals surface area contributed by atoms with Crippen LogP contribution in [-0.2, 0) is 28.7 Å². The Bertz CT molecular complexity index is 1370. The van der Waals surface area contributed by atoms with Gasteiger partial charge in [0.1, 0.15) is 0 Å². The molecule has 0 aromatic heterocycles. The lowest BCUT2D eigenvalue weighted by molar-refractivity contribution is -0.152. The van der Waals surface area contributed by atoms with Gasteiger partial charge in [-0.3, -0.25) is 19.2 Å². The van der Waals surface area contributed by atoms with Crippen LogP contribution in [0, 0.1) is 29.1 Å². The SMILES string of the molecule is CCOC(=O)C1=C(C)C2(Br)[C@H]3C(=O)N(c4ccccc4)C(=O)[C@H]3C1(C)[C@@H]1C(=O)N(c3ccccc3)C(=O)[C@@H]12. The van der Waals surface area contributed by atoms with E-state index in [0.29, 0.717) is 16.9 Å². The lowest BCUT2D eigenvalue weighted by atomic mass is 9.43. The number of nitrogens with zero attached hydrogens (tertiary/aromatic N) is 2. The van der Waals surface area contributed by atoms with Crippen LogP contribution >= 0.6 is 15.9 Å². The van der Waals surface area contributed by atoms with Crippen molar-refractivity contribution < 1.29 is 28.7 Å². The van der Waals surface area contributed by atoms with Gasteiger partial charge in [0, 0.05) is 11.0 Å². The highest BCUT2D eigenvalue weighted by atomic mass is 79.9. The molecule has 8 nitrogen and oxygen atoms in total. The van der Waals surface area contributed by atoms with Crippen molar-refractivity contribution in [3.63, 3.8) is 0 Å². The Hall–Kier alpha value is -3.59. The molecule has 194 valence electrons. The van der Waals surface area contributed by atoms with E-state index in [1.54, 1.807) is 81.4 Å². The molecule has 0 radical (unpaired) electrons. The number of allylic oxidation sites excluding steroid dienone is 1. The van der Waals surface area contributed by atoms with Crippen LogP contribution in [0.1, 0.15) is 20.8 Å². The number of anilines is 2. The normalized spacial score (nSPS) is 33.7. The van der Waals surface area contributed by atoms with Gasteiger partial charge >= 0.3 is 5.97 Å². The number of benzene rings is 2. The third-order valence-electron chi connectivity index (χ3n) is 8.81. The van der Waals surface area contributed by atoms with Gasteiger partial charge < -0.3 is 4.74 Å². The first-order chi connectivity index (χ1) is 18.1. The highest BCUT2D eigenvalue weighted by molar-refractivity contribution is 9.10. The first-order valence-corrected chi connectivity index (χ1v) is 13.3. The van der Waals surface area contributed by atoms with Gasteiger partial charge in [0.2, 0.25) is 23.6 Å². The van der Waals surface area contributed by atoms with Crippen LogP contribution in [0.5, 0.6) is 0 Å². The molecule has 1 saturated carbocycles. The zero-order valence-corrected chi connectivity index (χ0v) is 22.6. The van der Waals surface area contributed by atoms with Crippen molar-refractivity contribution >= 4 is 56.9 Å². The largest absolute Gasteiger partial charge is 0.463 e. The summed E-state index contributed by atoms with van der Waals surface area (Å²) >= 11 is 3.77. The topological polar surface area (TPSA) is 101 Å². The Kier molecular flexibility index (Phi) is 5.34. The lowest BCUT2D eigenvalue weighted by Gasteiger charge is -2.59. The van der Waals surface area contributed by atoms with Crippen LogP contribution in [0.15, 0.2) is 71.8 Å². The van der Waals surface area contributed by atoms with E-state index in [9.17, 15) is 24.0 Å². The average Bonchev–Trinajstić information content (AvgIpc) is 3.34. The van der Waals surface area contributed by atoms with Crippen molar-refractivity contribution in [1.82, 2.24) is 0 Å². The summed E-state index contributed by atoms with van der Waals surface area (Å²) in [6.07, 6.45) is 0. The number of rotatable bonds is 4. The molecule has 2 saturated heterocycles. The second-order valence-electron chi connectivity index (χ2n) is 10.4. The number of amides is 4. The van der Waals surface area contributed by atoms with E-state index in [1.165, 1.54) is 0 Å². The molecule has 4 atom stereocenters. The molecular formula is C29H25BrN2O6. The van der Waals surface area contributed by atoms with Crippen LogP contribution in [0.3, 0.4) is 0 Å². The van der Waals surface area contributed by atoms with Crippen LogP contribution in [0.4, 0.5) is 11.4 Å². The van der Waals surface area contributed by atoms with Gasteiger partial charge in [-0.25, -0.2) is 14.6 Å². The third-order valence-corrected chi connectivity index (χ3v) is 10.4. The van der Waals surface area contributed by atoms with Gasteiger partial charge in [0.15, 0.2) is 0 Å². The molecule has 3 aliphatic carbocycles. The predicted octanol–water partition coefficient (Wildman–Crippen LogP) is 3.64. The first kappa shape index (κ1) is 24.7. The molecule has 0 N–H and O–H groups in total. The number of ether oxygens (including phenoxy) is 1. The van der Waals surface area contributed by atoms with Gasteiger partial charge in [-0.2, -0.15) is 0 Å². The standard InChI is InChI=1S/C29H25BrN2O6/c1-4-38-27(37)18-15(2)29(30)21-19(23(33)31(25(21)35)16-11-7-5-8-12-16)28(18,3)20-22(29)26(36)32(24(20)34)17-13-9-6-10-14-17/h5-14,19-22H,4H2,1-3H3/t19-,20-,21+,22+,28?,29?/m0/s1. The Labute approximate surface area is 227 Å². The van der Waals surface area contributed by atoms with Crippen LogP contribution in [-0.4, -0.2) is 40.5 Å². The van der Waals surface area contributed by atoms with Crippen molar-refractivity contribution in [3.05, 3.63) is 71.8 Å². The van der Waals surface area contributed by atoms with Gasteiger partial charge in [0.25, 0.3) is 0 Å². The lowest BCUT2D eigenvalue weighted by Crippen LogP contribution is -2.67. The van der Waals surface area contributed by atoms with Crippen molar-refractivity contribution in [1.29, 1.82) is 0 Å². The zero-order chi connectivity index (χ0) is 27.1. The van der Waals surface area contributed by atoms with E-state index < -0.39 is 63.0 Å². The molecule has 3 fully saturated rings. The van der Waals surface area contributed by atoms with Crippen molar-refractivity contribution in [2.75, 3.05) is 16.4 Å². The summed E-state index contributed by atoms with van der Waals surface area (Å²) in [4.78, 5) is 72.2. The molecule has 2 aromatic carbocycles. The Morgan fingerprint density at radius 2 is 1.18 bits per heavy atom. The van der Waals surface area contributed by atoms with E-state index in [1.807, 2.05) is 0 Å². The maximum absolute atomic E-state index is 14.1. The molecule has 0 spiro atoms. The number of alkyl halides is 1. The Balaban J connectivity index is 1.61. The minimum atomic E-state index is -1.45. The van der Waals surface area contributed by atoms with E-state index in [0.717, 1.165) is 9.80 Å². The molecule has 2 bridgehead atoms. The molecule has 2 aliphatic heterocycles. The summed E-state index contributed by atoms with van der Waals surface area (Å²) in [6.45, 7) is 5.13. The Morgan fingerprint density at radius 3 is 1.58 bits per heavy atom. The maximum Gasteiger partial charge on any atom is 0.334 e. The van der Waals surface area contributed by atoms with Crippen LogP contribution in [0.2, 0.25) is 0 Å². The molecule has 38 heavy (non-hydrogen) atoms. The number of hydrogen-bond donors (Lipinski definition) is 0. The van der Waals surface area contributed by atoms with E-state index in [-0.39, 0.29) is 12.2 Å². The second kappa shape index (κ2) is 8.20. The first-order valence-electron chi connectivity index (χ1n) is 12.5. The smallest absolute Gasteiger partial charge is 0.334 e. The van der Waals surface area contributed by atoms with E-state index >= 15 is 0 Å². The number of imide groups is 2. The third kappa shape index (κ3) is 2.77. The molecule has 2 heterocycles.